The summed E-state index contributed by atoms with van der Waals surface area (Å²) in [5.41, 5.74) is 1.57. The third-order valence-electron chi connectivity index (χ3n) is 1.66. The highest BCUT2D eigenvalue weighted by Crippen LogP contribution is 1.95. The second-order valence-electron chi connectivity index (χ2n) is 2.40. The molecular weight excluding hydrogens is 140 g/mol. The maximum atomic E-state index is 11.0. The standard InChI is InChI=1S/C8H12N2O/c1-3-7-5-6-8(4-2)10(11)9-7/h5-6H,3-4H2,1-2H3. The topological polar surface area (TPSA) is 39.8 Å². The van der Waals surface area contributed by atoms with Gasteiger partial charge >= 0.3 is 0 Å². The summed E-state index contributed by atoms with van der Waals surface area (Å²) >= 11 is 0. The van der Waals surface area contributed by atoms with E-state index in [1.165, 1.54) is 0 Å². The minimum atomic E-state index is 0.707. The van der Waals surface area contributed by atoms with E-state index in [-0.39, 0.29) is 0 Å². The third-order valence-corrected chi connectivity index (χ3v) is 1.66. The molecule has 0 spiro atoms. The van der Waals surface area contributed by atoms with Crippen molar-refractivity contribution >= 4 is 0 Å². The minimum Gasteiger partial charge on any atom is -0.594 e. The van der Waals surface area contributed by atoms with Crippen LogP contribution in [0.25, 0.3) is 0 Å². The Hall–Kier alpha value is -1.12. The largest absolute Gasteiger partial charge is 0.594 e. The molecule has 0 N–H and O–H groups in total. The number of aryl methyl sites for hydroxylation is 2. The summed E-state index contributed by atoms with van der Waals surface area (Å²) in [7, 11) is 0. The molecule has 0 saturated heterocycles. The minimum absolute atomic E-state index is 0.707. The Morgan fingerprint density at radius 2 is 2.09 bits per heavy atom. The number of nitrogens with zero attached hydrogens (tertiary/aromatic N) is 2. The molecule has 1 rings (SSSR count). The van der Waals surface area contributed by atoms with Gasteiger partial charge in [0.25, 0.3) is 0 Å². The summed E-state index contributed by atoms with van der Waals surface area (Å²) < 4.78 is 0. The van der Waals surface area contributed by atoms with Crippen LogP contribution in [0.3, 0.4) is 0 Å². The summed E-state index contributed by atoms with van der Waals surface area (Å²) in [5, 5.41) is 14.9. The average molecular weight is 152 g/mol. The SMILES string of the molecule is CCc1ccc(CC)[n+]([O-])n1. The van der Waals surface area contributed by atoms with Crippen LogP contribution in [0.2, 0.25) is 0 Å². The highest BCUT2D eigenvalue weighted by molar-refractivity contribution is 5.02. The second kappa shape index (κ2) is 3.32. The van der Waals surface area contributed by atoms with Gasteiger partial charge in [-0.15, -0.1) is 0 Å². The first-order valence-corrected chi connectivity index (χ1v) is 3.86. The van der Waals surface area contributed by atoms with E-state index in [1.807, 2.05) is 26.0 Å². The molecule has 11 heavy (non-hydrogen) atoms. The maximum Gasteiger partial charge on any atom is 0.221 e. The Morgan fingerprint density at radius 3 is 2.55 bits per heavy atom. The van der Waals surface area contributed by atoms with Crippen LogP contribution in [-0.4, -0.2) is 5.10 Å². The van der Waals surface area contributed by atoms with Crippen molar-refractivity contribution in [2.45, 2.75) is 26.7 Å². The number of rotatable bonds is 2. The zero-order chi connectivity index (χ0) is 8.27. The average Bonchev–Trinajstić information content (AvgIpc) is 2.04. The van der Waals surface area contributed by atoms with Crippen LogP contribution in [0.5, 0.6) is 0 Å². The van der Waals surface area contributed by atoms with Gasteiger partial charge in [0.05, 0.1) is 0 Å². The Morgan fingerprint density at radius 1 is 1.36 bits per heavy atom. The van der Waals surface area contributed by atoms with E-state index in [0.717, 1.165) is 24.2 Å². The van der Waals surface area contributed by atoms with Crippen LogP contribution in [0, 0.1) is 5.21 Å². The van der Waals surface area contributed by atoms with Crippen LogP contribution in [0.4, 0.5) is 0 Å². The lowest BCUT2D eigenvalue weighted by Gasteiger charge is -1.99. The summed E-state index contributed by atoms with van der Waals surface area (Å²) in [6.45, 7) is 3.92. The zero-order valence-electron chi connectivity index (χ0n) is 6.87. The second-order valence-corrected chi connectivity index (χ2v) is 2.40. The van der Waals surface area contributed by atoms with Crippen molar-refractivity contribution < 1.29 is 4.85 Å². The molecule has 0 bridgehead atoms. The van der Waals surface area contributed by atoms with Gasteiger partial charge in [-0.2, -0.15) is 0 Å². The molecule has 0 aliphatic rings. The van der Waals surface area contributed by atoms with Gasteiger partial charge < -0.3 is 5.21 Å². The fourth-order valence-corrected chi connectivity index (χ4v) is 0.912. The van der Waals surface area contributed by atoms with E-state index in [4.69, 9.17) is 0 Å². The Kier molecular flexibility index (Phi) is 2.41. The van der Waals surface area contributed by atoms with Gasteiger partial charge in [-0.25, -0.2) is 0 Å². The molecule has 1 aromatic heterocycles. The summed E-state index contributed by atoms with van der Waals surface area (Å²) in [4.78, 5) is 0.707. The van der Waals surface area contributed by atoms with Crippen LogP contribution in [0.1, 0.15) is 25.2 Å². The van der Waals surface area contributed by atoms with Gasteiger partial charge in [-0.05, 0) is 12.5 Å². The predicted molar refractivity (Wildman–Crippen MR) is 42.0 cm³/mol. The molecule has 3 nitrogen and oxygen atoms in total. The van der Waals surface area contributed by atoms with Crippen molar-refractivity contribution in [1.29, 1.82) is 0 Å². The molecular formula is C8H12N2O. The van der Waals surface area contributed by atoms with E-state index in [2.05, 4.69) is 5.10 Å². The molecule has 0 aromatic carbocycles. The molecule has 0 radical (unpaired) electrons. The predicted octanol–water partition coefficient (Wildman–Crippen LogP) is 0.840. The molecule has 3 heteroatoms. The fraction of sp³-hybridized carbons (Fsp3) is 0.500. The summed E-state index contributed by atoms with van der Waals surface area (Å²) in [5.74, 6) is 0. The highest BCUT2D eigenvalue weighted by atomic mass is 16.5. The number of hydrogen-bond acceptors (Lipinski definition) is 2. The van der Waals surface area contributed by atoms with Crippen LogP contribution >= 0.6 is 0 Å². The molecule has 0 atom stereocenters. The lowest BCUT2D eigenvalue weighted by atomic mass is 10.2. The van der Waals surface area contributed by atoms with Gasteiger partial charge in [0, 0.05) is 17.6 Å². The Balaban J connectivity index is 2.99. The van der Waals surface area contributed by atoms with E-state index in [9.17, 15) is 5.21 Å². The van der Waals surface area contributed by atoms with E-state index in [0.29, 0.717) is 4.85 Å². The molecule has 1 aromatic rings. The molecule has 0 amide bonds. The van der Waals surface area contributed by atoms with Crippen molar-refractivity contribution in [2.75, 3.05) is 0 Å². The van der Waals surface area contributed by atoms with Gasteiger partial charge in [0.15, 0.2) is 0 Å². The number of hydrogen-bond donors (Lipinski definition) is 0. The number of aromatic nitrogens is 2. The van der Waals surface area contributed by atoms with Crippen LogP contribution in [0.15, 0.2) is 12.1 Å². The zero-order valence-corrected chi connectivity index (χ0v) is 6.87. The van der Waals surface area contributed by atoms with E-state index >= 15 is 0 Å². The first kappa shape index (κ1) is 7.98. The third kappa shape index (κ3) is 1.67. The molecule has 0 aliphatic carbocycles. The molecule has 0 aliphatic heterocycles. The van der Waals surface area contributed by atoms with Crippen LogP contribution in [-0.2, 0) is 12.8 Å². The Labute approximate surface area is 66.3 Å². The van der Waals surface area contributed by atoms with E-state index in [1.54, 1.807) is 0 Å². The monoisotopic (exact) mass is 152 g/mol. The smallest absolute Gasteiger partial charge is 0.221 e. The summed E-state index contributed by atoms with van der Waals surface area (Å²) in [6, 6.07) is 3.73. The lowest BCUT2D eigenvalue weighted by molar-refractivity contribution is -0.677. The van der Waals surface area contributed by atoms with Crippen molar-refractivity contribution in [1.82, 2.24) is 5.10 Å². The normalized spacial score (nSPS) is 10.0. The molecule has 60 valence electrons. The molecule has 1 heterocycles. The van der Waals surface area contributed by atoms with Gasteiger partial charge in [-0.3, -0.25) is 0 Å². The first-order chi connectivity index (χ1) is 5.27. The molecule has 0 saturated carbocycles. The van der Waals surface area contributed by atoms with E-state index < -0.39 is 0 Å². The van der Waals surface area contributed by atoms with Crippen molar-refractivity contribution in [3.05, 3.63) is 28.7 Å². The van der Waals surface area contributed by atoms with Crippen molar-refractivity contribution in [2.24, 2.45) is 0 Å². The van der Waals surface area contributed by atoms with Gasteiger partial charge in [0.1, 0.15) is 5.69 Å². The summed E-state index contributed by atoms with van der Waals surface area (Å²) in [6.07, 6.45) is 1.55. The fourth-order valence-electron chi connectivity index (χ4n) is 0.912. The van der Waals surface area contributed by atoms with Crippen molar-refractivity contribution in [3.8, 4) is 0 Å². The molecule has 0 fully saturated rings. The maximum absolute atomic E-state index is 11.0. The lowest BCUT2D eigenvalue weighted by Crippen LogP contribution is -2.36. The van der Waals surface area contributed by atoms with Crippen molar-refractivity contribution in [3.63, 3.8) is 0 Å². The molecule has 0 unspecified atom stereocenters. The first-order valence-electron chi connectivity index (χ1n) is 3.86. The van der Waals surface area contributed by atoms with Gasteiger partial charge in [0.2, 0.25) is 5.69 Å². The van der Waals surface area contributed by atoms with Crippen LogP contribution < -0.4 is 4.85 Å². The Bertz CT molecular complexity index is 248. The van der Waals surface area contributed by atoms with Gasteiger partial charge in [-0.1, -0.05) is 18.7 Å². The quantitative estimate of drug-likeness (QED) is 0.465. The highest BCUT2D eigenvalue weighted by Gasteiger charge is 2.03.